The zero-order valence-electron chi connectivity index (χ0n) is 20.8. The van der Waals surface area contributed by atoms with Crippen molar-refractivity contribution in [2.45, 2.75) is 61.7 Å². The highest BCUT2D eigenvalue weighted by Gasteiger charge is 2.49. The molecule has 0 amide bonds. The number of benzene rings is 1. The molecule has 1 aliphatic rings. The standard InChI is InChI=1S/C24H19F8N5O3S/c1-12-17(26)8-19(37(12)41(39,40)15-4-2-14(25)3-5-15)20(38)7-6-18-16(23(27,28)29)11-33-21(36-18)13-9-34-22(35-10-13)24(30,31)32/h2-5,9-12,17,19H,6-8H2,1H3/t12-,17+,19-/m0/s1. The Labute approximate surface area is 227 Å². The van der Waals surface area contributed by atoms with E-state index in [0.717, 1.165) is 24.3 Å². The first-order valence-electron chi connectivity index (χ1n) is 11.8. The van der Waals surface area contributed by atoms with Gasteiger partial charge in [0.1, 0.15) is 12.0 Å². The van der Waals surface area contributed by atoms with Crippen LogP contribution in [0.3, 0.4) is 0 Å². The SMILES string of the molecule is C[C@H]1[C@H](F)C[C@@H](C(=O)CCc2nc(-c3cnc(C(F)(F)F)nc3)ncc2C(F)(F)F)N1S(=O)(=O)c1ccc(F)cc1. The van der Waals surface area contributed by atoms with Crippen molar-refractivity contribution in [1.82, 2.24) is 24.2 Å². The fourth-order valence-corrected chi connectivity index (χ4v) is 6.16. The quantitative estimate of drug-likeness (QED) is 0.355. The molecule has 3 heterocycles. The Kier molecular flexibility index (Phi) is 8.14. The summed E-state index contributed by atoms with van der Waals surface area (Å²) in [7, 11) is -4.50. The van der Waals surface area contributed by atoms with Gasteiger partial charge in [0.2, 0.25) is 15.8 Å². The Morgan fingerprint density at radius 2 is 1.59 bits per heavy atom. The molecule has 0 N–H and O–H groups in total. The molecule has 3 atom stereocenters. The van der Waals surface area contributed by atoms with Crippen LogP contribution in [0.4, 0.5) is 35.1 Å². The number of hydrogen-bond donors (Lipinski definition) is 0. The van der Waals surface area contributed by atoms with Crippen LogP contribution in [0.5, 0.6) is 0 Å². The summed E-state index contributed by atoms with van der Waals surface area (Å²) in [6.07, 6.45) is -11.8. The van der Waals surface area contributed by atoms with Gasteiger partial charge in [0.25, 0.3) is 0 Å². The Balaban J connectivity index is 1.61. The molecular weight excluding hydrogens is 590 g/mol. The number of alkyl halides is 7. The van der Waals surface area contributed by atoms with Gasteiger partial charge in [0.05, 0.1) is 33.8 Å². The van der Waals surface area contributed by atoms with Crippen molar-refractivity contribution in [2.24, 2.45) is 0 Å². The topological polar surface area (TPSA) is 106 Å². The predicted molar refractivity (Wildman–Crippen MR) is 125 cm³/mol. The maximum Gasteiger partial charge on any atom is 0.451 e. The molecule has 1 saturated heterocycles. The minimum Gasteiger partial charge on any atom is -0.298 e. The number of Topliss-reactive ketones (excluding diaryl/α,β-unsaturated/α-hetero) is 1. The summed E-state index contributed by atoms with van der Waals surface area (Å²) in [5.41, 5.74) is -2.27. The van der Waals surface area contributed by atoms with Crippen LogP contribution in [0, 0.1) is 5.82 Å². The Morgan fingerprint density at radius 3 is 2.15 bits per heavy atom. The maximum atomic E-state index is 14.6. The van der Waals surface area contributed by atoms with Gasteiger partial charge in [-0.25, -0.2) is 37.1 Å². The van der Waals surface area contributed by atoms with Crippen molar-refractivity contribution in [3.8, 4) is 11.4 Å². The number of rotatable bonds is 7. The van der Waals surface area contributed by atoms with Crippen molar-refractivity contribution in [2.75, 3.05) is 0 Å². The van der Waals surface area contributed by atoms with Gasteiger partial charge in [-0.05, 0) is 37.6 Å². The molecule has 4 rings (SSSR count). The second-order valence-corrected chi connectivity index (χ2v) is 11.0. The summed E-state index contributed by atoms with van der Waals surface area (Å²) >= 11 is 0. The third-order valence-corrected chi connectivity index (χ3v) is 8.40. The van der Waals surface area contributed by atoms with E-state index in [0.29, 0.717) is 22.9 Å². The molecule has 0 unspecified atom stereocenters. The number of carbonyl (C=O) groups excluding carboxylic acids is 1. The number of halogens is 8. The van der Waals surface area contributed by atoms with E-state index in [9.17, 15) is 48.3 Å². The molecule has 3 aromatic rings. The van der Waals surface area contributed by atoms with Gasteiger partial charge in [-0.3, -0.25) is 4.79 Å². The van der Waals surface area contributed by atoms with Crippen LogP contribution in [0.1, 0.15) is 36.8 Å². The summed E-state index contributed by atoms with van der Waals surface area (Å²) < 4.78 is 134. The number of aromatic nitrogens is 4. The molecule has 0 aliphatic carbocycles. The fraction of sp³-hybridized carbons (Fsp3) is 0.375. The van der Waals surface area contributed by atoms with E-state index in [1.807, 2.05) is 0 Å². The molecule has 220 valence electrons. The molecule has 0 spiro atoms. The molecule has 0 saturated carbocycles. The molecular formula is C24H19F8N5O3S. The lowest BCUT2D eigenvalue weighted by molar-refractivity contribution is -0.145. The molecule has 0 radical (unpaired) electrons. The second-order valence-electron chi connectivity index (χ2n) is 9.11. The van der Waals surface area contributed by atoms with Crippen LogP contribution < -0.4 is 0 Å². The van der Waals surface area contributed by atoms with Gasteiger partial charge < -0.3 is 0 Å². The summed E-state index contributed by atoms with van der Waals surface area (Å²) in [5.74, 6) is -3.57. The lowest BCUT2D eigenvalue weighted by Crippen LogP contribution is -2.44. The molecule has 41 heavy (non-hydrogen) atoms. The highest BCUT2D eigenvalue weighted by Crippen LogP contribution is 2.36. The predicted octanol–water partition coefficient (Wildman–Crippen LogP) is 4.80. The highest BCUT2D eigenvalue weighted by molar-refractivity contribution is 7.89. The normalized spacial score (nSPS) is 20.4. The summed E-state index contributed by atoms with van der Waals surface area (Å²) in [4.78, 5) is 26.2. The lowest BCUT2D eigenvalue weighted by Gasteiger charge is -2.26. The molecule has 1 fully saturated rings. The third kappa shape index (κ3) is 6.34. The maximum absolute atomic E-state index is 14.6. The zero-order chi connectivity index (χ0) is 30.3. The average Bonchev–Trinajstić information content (AvgIpc) is 3.21. The molecule has 1 aromatic carbocycles. The first-order chi connectivity index (χ1) is 19.0. The van der Waals surface area contributed by atoms with E-state index in [2.05, 4.69) is 19.9 Å². The first-order valence-corrected chi connectivity index (χ1v) is 13.2. The van der Waals surface area contributed by atoms with Crippen molar-refractivity contribution in [3.05, 3.63) is 65.8 Å². The first kappa shape index (κ1) is 30.4. The van der Waals surface area contributed by atoms with E-state index < -0.39 is 99.3 Å². The third-order valence-electron chi connectivity index (χ3n) is 6.39. The van der Waals surface area contributed by atoms with Crippen LogP contribution >= 0.6 is 0 Å². The molecule has 0 bridgehead atoms. The van der Waals surface area contributed by atoms with Gasteiger partial charge in [-0.15, -0.1) is 0 Å². The van der Waals surface area contributed by atoms with E-state index in [1.54, 1.807) is 0 Å². The second kappa shape index (κ2) is 11.0. The van der Waals surface area contributed by atoms with Crippen LogP contribution in [0.25, 0.3) is 11.4 Å². The molecule has 17 heteroatoms. The van der Waals surface area contributed by atoms with Crippen LogP contribution in [0.15, 0.2) is 47.8 Å². The summed E-state index contributed by atoms with van der Waals surface area (Å²) in [6, 6.07) is 0.750. The van der Waals surface area contributed by atoms with E-state index >= 15 is 0 Å². The molecule has 8 nitrogen and oxygen atoms in total. The van der Waals surface area contributed by atoms with Crippen molar-refractivity contribution >= 4 is 15.8 Å². The van der Waals surface area contributed by atoms with Crippen LogP contribution in [0.2, 0.25) is 0 Å². The van der Waals surface area contributed by atoms with Crippen molar-refractivity contribution < 1.29 is 48.3 Å². The van der Waals surface area contributed by atoms with Gasteiger partial charge in [-0.1, -0.05) is 0 Å². The van der Waals surface area contributed by atoms with Crippen LogP contribution in [-0.2, 0) is 33.6 Å². The zero-order valence-corrected chi connectivity index (χ0v) is 21.6. The Hall–Kier alpha value is -3.60. The average molecular weight is 609 g/mol. The number of aryl methyl sites for hydroxylation is 1. The van der Waals surface area contributed by atoms with Gasteiger partial charge in [-0.2, -0.15) is 30.6 Å². The Bertz CT molecular complexity index is 1530. The molecule has 1 aliphatic heterocycles. The largest absolute Gasteiger partial charge is 0.451 e. The van der Waals surface area contributed by atoms with Crippen LogP contribution in [-0.4, -0.2) is 56.7 Å². The van der Waals surface area contributed by atoms with Gasteiger partial charge in [0.15, 0.2) is 11.6 Å². The van der Waals surface area contributed by atoms with Gasteiger partial charge >= 0.3 is 12.4 Å². The Morgan fingerprint density at radius 1 is 0.976 bits per heavy atom. The number of nitrogens with zero attached hydrogens (tertiary/aromatic N) is 5. The van der Waals surface area contributed by atoms with E-state index in [1.165, 1.54) is 6.92 Å². The minimum absolute atomic E-state index is 0.235. The van der Waals surface area contributed by atoms with Gasteiger partial charge in [0, 0.05) is 31.4 Å². The van der Waals surface area contributed by atoms with E-state index in [4.69, 9.17) is 0 Å². The number of hydrogen-bond acceptors (Lipinski definition) is 7. The summed E-state index contributed by atoms with van der Waals surface area (Å²) in [6.45, 7) is 1.23. The number of carbonyl (C=O) groups is 1. The number of ketones is 1. The molecule has 2 aromatic heterocycles. The van der Waals surface area contributed by atoms with E-state index in [-0.39, 0.29) is 5.56 Å². The fourth-order valence-electron chi connectivity index (χ4n) is 4.33. The smallest absolute Gasteiger partial charge is 0.298 e. The lowest BCUT2D eigenvalue weighted by atomic mass is 10.0. The minimum atomic E-state index is -4.97. The van der Waals surface area contributed by atoms with Crippen molar-refractivity contribution in [3.63, 3.8) is 0 Å². The highest BCUT2D eigenvalue weighted by atomic mass is 32.2. The number of sulfonamides is 1. The van der Waals surface area contributed by atoms with Crippen molar-refractivity contribution in [1.29, 1.82) is 0 Å². The monoisotopic (exact) mass is 609 g/mol. The summed E-state index contributed by atoms with van der Waals surface area (Å²) in [5, 5.41) is 0.